The molecule has 1 rings (SSSR count). The Morgan fingerprint density at radius 3 is 2.55 bits per heavy atom. The van der Waals surface area contributed by atoms with Gasteiger partial charge in [-0.05, 0) is 37.9 Å². The van der Waals surface area contributed by atoms with Crippen LogP contribution >= 0.6 is 0 Å². The van der Waals surface area contributed by atoms with E-state index >= 15 is 0 Å². The van der Waals surface area contributed by atoms with Crippen molar-refractivity contribution in [2.45, 2.75) is 40.2 Å². The van der Waals surface area contributed by atoms with Crippen molar-refractivity contribution in [2.75, 3.05) is 26.7 Å². The quantitative estimate of drug-likeness (QED) is 0.694. The molecule has 1 unspecified atom stereocenters. The molecule has 1 aromatic carbocycles. The molecule has 0 radical (unpaired) electrons. The summed E-state index contributed by atoms with van der Waals surface area (Å²) in [4.78, 5) is 2.22. The lowest BCUT2D eigenvalue weighted by Gasteiger charge is -2.33. The Bertz CT molecular complexity index is 394. The maximum atomic E-state index is 13.7. The summed E-state index contributed by atoms with van der Waals surface area (Å²) in [6.45, 7) is 10.4. The summed E-state index contributed by atoms with van der Waals surface area (Å²) >= 11 is 0. The van der Waals surface area contributed by atoms with E-state index in [4.69, 9.17) is 0 Å². The summed E-state index contributed by atoms with van der Waals surface area (Å²) in [7, 11) is 2.07. The maximum Gasteiger partial charge on any atom is 0.127 e. The number of rotatable bonds is 9. The molecule has 0 bridgehead atoms. The van der Waals surface area contributed by atoms with Gasteiger partial charge in [-0.1, -0.05) is 39.0 Å². The molecule has 0 aliphatic heterocycles. The summed E-state index contributed by atoms with van der Waals surface area (Å²) in [5.41, 5.74) is 1.00. The molecule has 0 saturated carbocycles. The monoisotopic (exact) mass is 280 g/mol. The van der Waals surface area contributed by atoms with Crippen LogP contribution in [0.3, 0.4) is 0 Å². The average Bonchev–Trinajstić information content (AvgIpc) is 2.41. The van der Waals surface area contributed by atoms with E-state index < -0.39 is 0 Å². The van der Waals surface area contributed by atoms with Gasteiger partial charge in [0.05, 0.1) is 0 Å². The van der Waals surface area contributed by atoms with Crippen molar-refractivity contribution in [1.82, 2.24) is 10.2 Å². The third kappa shape index (κ3) is 5.59. The topological polar surface area (TPSA) is 15.3 Å². The highest BCUT2D eigenvalue weighted by Gasteiger charge is 2.23. The van der Waals surface area contributed by atoms with Gasteiger partial charge >= 0.3 is 0 Å². The molecule has 20 heavy (non-hydrogen) atoms. The molecule has 3 heteroatoms. The fraction of sp³-hybridized carbons (Fsp3) is 0.647. The highest BCUT2D eigenvalue weighted by atomic mass is 19.1. The average molecular weight is 280 g/mol. The Labute approximate surface area is 123 Å². The lowest BCUT2D eigenvalue weighted by molar-refractivity contribution is 0.174. The first kappa shape index (κ1) is 17.1. The SMILES string of the molecule is CCCNCC(C)(CC)CN(C)Cc1ccccc1F. The number of hydrogen-bond donors (Lipinski definition) is 1. The molecule has 2 nitrogen and oxygen atoms in total. The molecule has 1 atom stereocenters. The molecule has 114 valence electrons. The van der Waals surface area contributed by atoms with Gasteiger partial charge in [-0.2, -0.15) is 0 Å². The first-order valence-electron chi connectivity index (χ1n) is 7.63. The second-order valence-electron chi connectivity index (χ2n) is 6.10. The van der Waals surface area contributed by atoms with Gasteiger partial charge in [-0.15, -0.1) is 0 Å². The van der Waals surface area contributed by atoms with Crippen LogP contribution in [0.2, 0.25) is 0 Å². The third-order valence-corrected chi connectivity index (χ3v) is 3.88. The number of hydrogen-bond acceptors (Lipinski definition) is 2. The van der Waals surface area contributed by atoms with E-state index in [0.717, 1.165) is 38.0 Å². The zero-order valence-electron chi connectivity index (χ0n) is 13.4. The predicted molar refractivity (Wildman–Crippen MR) is 84.3 cm³/mol. The van der Waals surface area contributed by atoms with Crippen molar-refractivity contribution in [3.63, 3.8) is 0 Å². The Balaban J connectivity index is 2.54. The molecule has 0 aliphatic carbocycles. The zero-order chi connectivity index (χ0) is 15.0. The summed E-state index contributed by atoms with van der Waals surface area (Å²) in [6, 6.07) is 7.03. The molecule has 1 aromatic rings. The van der Waals surface area contributed by atoms with Crippen molar-refractivity contribution in [2.24, 2.45) is 5.41 Å². The third-order valence-electron chi connectivity index (χ3n) is 3.88. The van der Waals surface area contributed by atoms with Gasteiger partial charge in [-0.3, -0.25) is 0 Å². The van der Waals surface area contributed by atoms with Crippen molar-refractivity contribution < 1.29 is 4.39 Å². The van der Waals surface area contributed by atoms with E-state index in [2.05, 4.69) is 38.0 Å². The largest absolute Gasteiger partial charge is 0.316 e. The van der Waals surface area contributed by atoms with Crippen LogP contribution in [0.25, 0.3) is 0 Å². The van der Waals surface area contributed by atoms with Gasteiger partial charge in [0.25, 0.3) is 0 Å². The maximum absolute atomic E-state index is 13.7. The van der Waals surface area contributed by atoms with E-state index in [1.807, 2.05) is 12.1 Å². The first-order valence-corrected chi connectivity index (χ1v) is 7.63. The van der Waals surface area contributed by atoms with Crippen molar-refractivity contribution in [3.05, 3.63) is 35.6 Å². The molecule has 0 spiro atoms. The van der Waals surface area contributed by atoms with E-state index in [-0.39, 0.29) is 11.2 Å². The Kier molecular flexibility index (Phi) is 7.17. The molecule has 1 N–H and O–H groups in total. The molecule has 0 fully saturated rings. The van der Waals surface area contributed by atoms with Crippen LogP contribution in [0.1, 0.15) is 39.2 Å². The number of benzene rings is 1. The molecule has 0 amide bonds. The lowest BCUT2D eigenvalue weighted by atomic mass is 9.86. The van der Waals surface area contributed by atoms with Gasteiger partial charge < -0.3 is 10.2 Å². The highest BCUT2D eigenvalue weighted by molar-refractivity contribution is 5.17. The zero-order valence-corrected chi connectivity index (χ0v) is 13.4. The van der Waals surface area contributed by atoms with E-state index in [9.17, 15) is 4.39 Å². The van der Waals surface area contributed by atoms with Gasteiger partial charge in [0.1, 0.15) is 5.82 Å². The van der Waals surface area contributed by atoms with Crippen molar-refractivity contribution in [1.29, 1.82) is 0 Å². The molecule has 0 aromatic heterocycles. The summed E-state index contributed by atoms with van der Waals surface area (Å²) < 4.78 is 13.7. The Morgan fingerprint density at radius 1 is 1.25 bits per heavy atom. The minimum Gasteiger partial charge on any atom is -0.316 e. The minimum atomic E-state index is -0.110. The summed E-state index contributed by atoms with van der Waals surface area (Å²) in [5.74, 6) is -0.110. The Morgan fingerprint density at radius 2 is 1.95 bits per heavy atom. The van der Waals surface area contributed by atoms with Crippen molar-refractivity contribution in [3.8, 4) is 0 Å². The van der Waals surface area contributed by atoms with Gasteiger partial charge in [-0.25, -0.2) is 4.39 Å². The van der Waals surface area contributed by atoms with Crippen LogP contribution < -0.4 is 5.32 Å². The molecular formula is C17H29FN2. The van der Waals surface area contributed by atoms with Crippen LogP contribution in [-0.2, 0) is 6.54 Å². The van der Waals surface area contributed by atoms with Crippen LogP contribution in [-0.4, -0.2) is 31.6 Å². The van der Waals surface area contributed by atoms with E-state index in [1.54, 1.807) is 6.07 Å². The lowest BCUT2D eigenvalue weighted by Crippen LogP contribution is -2.40. The van der Waals surface area contributed by atoms with Crippen LogP contribution in [0, 0.1) is 11.2 Å². The van der Waals surface area contributed by atoms with E-state index in [0.29, 0.717) is 6.54 Å². The normalized spacial score (nSPS) is 14.5. The van der Waals surface area contributed by atoms with Crippen LogP contribution in [0.5, 0.6) is 0 Å². The number of nitrogens with zero attached hydrogens (tertiary/aromatic N) is 1. The standard InChI is InChI=1S/C17H29FN2/c1-5-11-19-13-17(3,6-2)14-20(4)12-15-9-7-8-10-16(15)18/h7-10,19H,5-6,11-14H2,1-4H3. The van der Waals surface area contributed by atoms with Crippen LogP contribution in [0.15, 0.2) is 24.3 Å². The van der Waals surface area contributed by atoms with Crippen LogP contribution in [0.4, 0.5) is 4.39 Å². The van der Waals surface area contributed by atoms with Gasteiger partial charge in [0.15, 0.2) is 0 Å². The molecule has 0 aliphatic rings. The second-order valence-corrected chi connectivity index (χ2v) is 6.10. The van der Waals surface area contributed by atoms with E-state index in [1.165, 1.54) is 6.07 Å². The fourth-order valence-electron chi connectivity index (χ4n) is 2.48. The summed E-state index contributed by atoms with van der Waals surface area (Å²) in [5, 5.41) is 3.51. The van der Waals surface area contributed by atoms with Gasteiger partial charge in [0.2, 0.25) is 0 Å². The molecular weight excluding hydrogens is 251 g/mol. The smallest absolute Gasteiger partial charge is 0.127 e. The molecule has 0 saturated heterocycles. The second kappa shape index (κ2) is 8.38. The number of halogens is 1. The van der Waals surface area contributed by atoms with Crippen molar-refractivity contribution >= 4 is 0 Å². The minimum absolute atomic E-state index is 0.110. The van der Waals surface area contributed by atoms with Gasteiger partial charge in [0, 0.05) is 25.2 Å². The number of nitrogens with one attached hydrogen (secondary N) is 1. The summed E-state index contributed by atoms with van der Waals surface area (Å²) in [6.07, 6.45) is 2.27. The highest BCUT2D eigenvalue weighted by Crippen LogP contribution is 2.22. The first-order chi connectivity index (χ1) is 9.50. The Hall–Kier alpha value is -0.930. The predicted octanol–water partition coefficient (Wildman–Crippen LogP) is 3.67. The fourth-order valence-corrected chi connectivity index (χ4v) is 2.48. The molecule has 0 heterocycles.